The maximum absolute atomic E-state index is 13.6. The summed E-state index contributed by atoms with van der Waals surface area (Å²) in [5.74, 6) is -0.493. The number of nitrogens with zero attached hydrogens (tertiary/aromatic N) is 5. The highest BCUT2D eigenvalue weighted by Crippen LogP contribution is 2.35. The Morgan fingerprint density at radius 2 is 1.83 bits per heavy atom. The van der Waals surface area contributed by atoms with Gasteiger partial charge in [0.2, 0.25) is 20.0 Å². The molecular weight excluding hydrogens is 513 g/mol. The molecule has 0 atom stereocenters. The third kappa shape index (κ3) is 6.91. The van der Waals surface area contributed by atoms with Crippen LogP contribution in [0.5, 0.6) is 6.01 Å². The van der Waals surface area contributed by atoms with Crippen molar-refractivity contribution >= 4 is 31.7 Å². The first-order valence-electron chi connectivity index (χ1n) is 10.3. The molecule has 0 unspecified atom stereocenters. The SMILES string of the molecule is CN(c1ncccc1CNc1nc(OC2CCN(S(C)(=O)=O)CC2)ncc1C(F)(F)F)S(C)(=O)=O. The van der Waals surface area contributed by atoms with Crippen LogP contribution in [0.2, 0.25) is 0 Å². The molecule has 194 valence electrons. The minimum absolute atomic E-state index is 0.0548. The second-order valence-electron chi connectivity index (χ2n) is 7.96. The summed E-state index contributed by atoms with van der Waals surface area (Å²) in [5.41, 5.74) is -0.804. The van der Waals surface area contributed by atoms with E-state index in [1.807, 2.05) is 0 Å². The molecule has 1 aliphatic rings. The zero-order valence-electron chi connectivity index (χ0n) is 19.1. The highest BCUT2D eigenvalue weighted by molar-refractivity contribution is 7.92. The smallest absolute Gasteiger partial charge is 0.421 e. The molecule has 3 rings (SSSR count). The van der Waals surface area contributed by atoms with Crippen LogP contribution in [0.4, 0.5) is 24.8 Å². The van der Waals surface area contributed by atoms with Gasteiger partial charge in [-0.3, -0.25) is 4.31 Å². The van der Waals surface area contributed by atoms with E-state index in [-0.39, 0.29) is 31.5 Å². The Balaban J connectivity index is 1.80. The van der Waals surface area contributed by atoms with Gasteiger partial charge in [-0.05, 0) is 18.9 Å². The average Bonchev–Trinajstić information content (AvgIpc) is 2.76. The standard InChI is InChI=1S/C19H25F3N6O5S2/c1-27(34(2,29)30)17-13(5-4-8-23-17)11-24-16-15(19(20,21)22)12-25-18(26-16)33-14-6-9-28(10-7-14)35(3,31)32/h4-5,8,12,14H,6-7,9-11H2,1-3H3,(H,24,25,26). The number of hydrogen-bond acceptors (Lipinski definition) is 9. The fraction of sp³-hybridized carbons (Fsp3) is 0.526. The Kier molecular flexibility index (Phi) is 7.76. The van der Waals surface area contributed by atoms with Crippen LogP contribution in [-0.2, 0) is 32.8 Å². The summed E-state index contributed by atoms with van der Waals surface area (Å²) < 4.78 is 95.6. The number of halogens is 3. The van der Waals surface area contributed by atoms with Gasteiger partial charge in [0.05, 0.1) is 12.5 Å². The summed E-state index contributed by atoms with van der Waals surface area (Å²) in [6.07, 6.45) is -0.513. The summed E-state index contributed by atoms with van der Waals surface area (Å²) in [4.78, 5) is 11.6. The normalized spacial score (nSPS) is 16.2. The Morgan fingerprint density at radius 3 is 2.40 bits per heavy atom. The van der Waals surface area contributed by atoms with Crippen LogP contribution in [0.25, 0.3) is 0 Å². The van der Waals surface area contributed by atoms with Gasteiger partial charge in [-0.2, -0.15) is 18.2 Å². The topological polar surface area (TPSA) is 135 Å². The van der Waals surface area contributed by atoms with Crippen LogP contribution in [0.15, 0.2) is 24.5 Å². The fourth-order valence-corrected chi connectivity index (χ4v) is 4.74. The molecule has 0 spiro atoms. The summed E-state index contributed by atoms with van der Waals surface area (Å²) in [7, 11) is -5.71. The number of rotatable bonds is 8. The molecule has 3 heterocycles. The van der Waals surface area contributed by atoms with E-state index in [1.165, 1.54) is 29.7 Å². The second-order valence-corrected chi connectivity index (χ2v) is 12.0. The molecule has 0 amide bonds. The van der Waals surface area contributed by atoms with Crippen molar-refractivity contribution in [2.75, 3.05) is 42.3 Å². The lowest BCUT2D eigenvalue weighted by atomic mass is 10.1. The molecule has 0 bridgehead atoms. The van der Waals surface area contributed by atoms with Crippen LogP contribution in [-0.4, -0.2) is 74.8 Å². The van der Waals surface area contributed by atoms with Crippen molar-refractivity contribution in [2.24, 2.45) is 0 Å². The molecule has 0 aromatic carbocycles. The van der Waals surface area contributed by atoms with Gasteiger partial charge in [0.25, 0.3) is 0 Å². The Bertz CT molecular complexity index is 1270. The maximum atomic E-state index is 13.6. The largest absolute Gasteiger partial charge is 0.460 e. The molecule has 2 aromatic rings. The predicted octanol–water partition coefficient (Wildman–Crippen LogP) is 1.70. The molecule has 16 heteroatoms. The summed E-state index contributed by atoms with van der Waals surface area (Å²) in [6.45, 7) is 0.217. The van der Waals surface area contributed by atoms with Crippen molar-refractivity contribution in [2.45, 2.75) is 31.7 Å². The van der Waals surface area contributed by atoms with Gasteiger partial charge in [-0.25, -0.2) is 31.1 Å². The molecule has 1 saturated heterocycles. The zero-order chi connectivity index (χ0) is 26.0. The molecule has 2 aromatic heterocycles. The van der Waals surface area contributed by atoms with Crippen molar-refractivity contribution < 1.29 is 34.7 Å². The first kappa shape index (κ1) is 26.9. The van der Waals surface area contributed by atoms with Crippen LogP contribution in [0.3, 0.4) is 0 Å². The lowest BCUT2D eigenvalue weighted by molar-refractivity contribution is -0.137. The Labute approximate surface area is 201 Å². The minimum atomic E-state index is -4.76. The lowest BCUT2D eigenvalue weighted by Gasteiger charge is -2.29. The number of ether oxygens (including phenoxy) is 1. The van der Waals surface area contributed by atoms with E-state index >= 15 is 0 Å². The molecule has 1 fully saturated rings. The first-order valence-corrected chi connectivity index (χ1v) is 14.0. The highest BCUT2D eigenvalue weighted by atomic mass is 32.2. The van der Waals surface area contributed by atoms with Gasteiger partial charge in [0, 0.05) is 44.6 Å². The van der Waals surface area contributed by atoms with Crippen LogP contribution in [0.1, 0.15) is 24.0 Å². The Hall–Kier alpha value is -2.72. The summed E-state index contributed by atoms with van der Waals surface area (Å²) >= 11 is 0. The van der Waals surface area contributed by atoms with Gasteiger partial charge < -0.3 is 10.1 Å². The average molecular weight is 539 g/mol. The van der Waals surface area contributed by atoms with Crippen LogP contribution >= 0.6 is 0 Å². The van der Waals surface area contributed by atoms with E-state index in [9.17, 15) is 30.0 Å². The molecule has 11 nitrogen and oxygen atoms in total. The number of alkyl halides is 3. The second kappa shape index (κ2) is 10.1. The third-order valence-corrected chi connectivity index (χ3v) is 7.79. The molecular formula is C19H25F3N6O5S2. The number of nitrogens with one attached hydrogen (secondary N) is 1. The number of aromatic nitrogens is 3. The van der Waals surface area contributed by atoms with E-state index in [0.29, 0.717) is 24.6 Å². The molecule has 0 aliphatic carbocycles. The van der Waals surface area contributed by atoms with Gasteiger partial charge in [0.1, 0.15) is 23.3 Å². The zero-order valence-corrected chi connectivity index (χ0v) is 20.8. The molecule has 1 N–H and O–H groups in total. The van der Waals surface area contributed by atoms with Crippen molar-refractivity contribution in [3.8, 4) is 6.01 Å². The van der Waals surface area contributed by atoms with E-state index in [0.717, 1.165) is 16.8 Å². The molecule has 1 aliphatic heterocycles. The van der Waals surface area contributed by atoms with Crippen molar-refractivity contribution in [3.63, 3.8) is 0 Å². The number of anilines is 2. The van der Waals surface area contributed by atoms with Crippen molar-refractivity contribution in [3.05, 3.63) is 35.7 Å². The van der Waals surface area contributed by atoms with E-state index in [4.69, 9.17) is 4.74 Å². The van der Waals surface area contributed by atoms with Crippen molar-refractivity contribution in [1.82, 2.24) is 19.3 Å². The van der Waals surface area contributed by atoms with Crippen molar-refractivity contribution in [1.29, 1.82) is 0 Å². The van der Waals surface area contributed by atoms with Gasteiger partial charge in [-0.15, -0.1) is 0 Å². The van der Waals surface area contributed by atoms with Crippen LogP contribution < -0.4 is 14.4 Å². The predicted molar refractivity (Wildman–Crippen MR) is 122 cm³/mol. The van der Waals surface area contributed by atoms with Gasteiger partial charge >= 0.3 is 12.2 Å². The quantitative estimate of drug-likeness (QED) is 0.533. The maximum Gasteiger partial charge on any atom is 0.421 e. The van der Waals surface area contributed by atoms with Crippen LogP contribution in [0, 0.1) is 0 Å². The van der Waals surface area contributed by atoms with E-state index < -0.39 is 43.7 Å². The minimum Gasteiger partial charge on any atom is -0.460 e. The molecule has 35 heavy (non-hydrogen) atoms. The summed E-state index contributed by atoms with van der Waals surface area (Å²) in [6, 6.07) is 2.76. The number of pyridine rings is 1. The number of hydrogen-bond donors (Lipinski definition) is 1. The van der Waals surface area contributed by atoms with Gasteiger partial charge in [0.15, 0.2) is 0 Å². The van der Waals surface area contributed by atoms with Gasteiger partial charge in [-0.1, -0.05) is 6.07 Å². The number of piperidine rings is 1. The Morgan fingerprint density at radius 1 is 1.17 bits per heavy atom. The number of sulfonamides is 2. The monoisotopic (exact) mass is 538 g/mol. The lowest BCUT2D eigenvalue weighted by Crippen LogP contribution is -2.41. The first-order chi connectivity index (χ1) is 16.2. The molecule has 0 radical (unpaired) electrons. The summed E-state index contributed by atoms with van der Waals surface area (Å²) in [5, 5.41) is 2.59. The third-order valence-electron chi connectivity index (χ3n) is 5.32. The van der Waals surface area contributed by atoms with E-state index in [2.05, 4.69) is 20.3 Å². The molecule has 0 saturated carbocycles. The highest BCUT2D eigenvalue weighted by Gasteiger charge is 2.36. The van der Waals surface area contributed by atoms with E-state index in [1.54, 1.807) is 0 Å². The fourth-order valence-electron chi connectivity index (χ4n) is 3.38.